The van der Waals surface area contributed by atoms with Gasteiger partial charge in [-0.2, -0.15) is 0 Å². The summed E-state index contributed by atoms with van der Waals surface area (Å²) in [6.45, 7) is 7.38. The lowest BCUT2D eigenvalue weighted by Crippen LogP contribution is -2.37. The van der Waals surface area contributed by atoms with Crippen LogP contribution in [-0.2, 0) is 118 Å². The maximum absolute atomic E-state index is 12.2. The molecule has 2 aliphatic heterocycles. The number of ether oxygens (including phenoxy) is 7. The topological polar surface area (TPSA) is 475 Å². The van der Waals surface area contributed by atoms with E-state index in [4.69, 9.17) is 59.1 Å². The first kappa shape index (κ1) is 93.1. The van der Waals surface area contributed by atoms with Gasteiger partial charge in [0.15, 0.2) is 23.0 Å². The SMILES string of the molecule is C/C=C(/C=O)C(CC=O)CC(=O)OCCc1ccc(O)c(O)c1.C/C=C(/C=O)C(CC=O)CC(=O)OCCc1ccc(O)cc1.C/C=C1/C(O)OC=C(C(=O)OC)C1CC(=O)OCCc1ccc(O)cc1.COC(=O)C1=CO[C@@H](C)[C@@H](C=O)[C@@H]1CC(=O)O.OCCc1ccc(O)c(O)c1.OCCc1ccc(O)cc1. The molecule has 0 aromatic heterocycles. The minimum absolute atomic E-state index is 0.00668. The van der Waals surface area contributed by atoms with Crippen LogP contribution in [0.25, 0.3) is 0 Å². The number of rotatable bonds is 32. The van der Waals surface area contributed by atoms with E-state index in [1.54, 1.807) is 131 Å². The molecule has 0 fully saturated rings. The molecule has 0 saturated carbocycles. The number of carbonyl (C=O) groups excluding carboxylic acids is 10. The van der Waals surface area contributed by atoms with Crippen molar-refractivity contribution in [2.75, 3.05) is 47.3 Å². The maximum Gasteiger partial charge on any atom is 0.337 e. The number of esters is 5. The number of aliphatic carboxylic acids is 1. The molecule has 0 aliphatic carbocycles. The van der Waals surface area contributed by atoms with E-state index in [1.165, 1.54) is 44.7 Å². The summed E-state index contributed by atoms with van der Waals surface area (Å²) < 4.78 is 34.9. The third-order valence-electron chi connectivity index (χ3n) is 16.4. The number of aldehydes is 5. The number of carboxylic acids is 1. The standard InChI is InChI=1S/C19H22O7.C17H20O6.C17H20O5.C11H14O6.C8H10O3.C8H10O2/c1-3-14-15(16(18(22)24-2)11-26-19(14)23)10-17(21)25-9-8-12-4-6-13(20)7-5-12;1-2-13(11-19)14(5-7-18)10-17(22)23-8-6-12-3-4-15(20)16(21)9-12;1-2-14(12-19)15(7-9-18)11-17(21)22-10-8-13-3-5-16(20)6-4-13;1-6-8(4-12)7(3-10(13)14)9(5-17-6)11(15)16-2;9-4-3-6-1-2-7(10)8(11)5-6;9-6-5-7-1-3-8(10)4-2-7/h3-7,11,15,19-20,23H,8-10H2,1-2H3;2-4,7,9,11,14,20-21H,5-6,8,10H2,1H3;2-6,9,12,15,20H,7-8,10-11H2,1H3;4-8H,3H2,1-2H3,(H,13,14);1-2,5,9-11H,3-4H2;1-4,9-10H,5-6H2/b14-3+;13-2-;14-2-;;;/t;;;6-,7-,8+;;/m...0../s1. The number of allylic oxidation sites excluding steroid dienone is 5. The molecule has 0 spiro atoms. The third-order valence-corrected chi connectivity index (χ3v) is 16.4. The summed E-state index contributed by atoms with van der Waals surface area (Å²) in [5.41, 5.74) is 5.90. The fraction of sp³-hybridized carbons (Fsp3) is 0.362. The number of phenolic OH excluding ortho intramolecular Hbond substituents is 7. The average molecular weight is 1520 g/mol. The summed E-state index contributed by atoms with van der Waals surface area (Å²) in [6, 6.07) is 28.9. The van der Waals surface area contributed by atoms with Crippen LogP contribution in [-0.4, -0.2) is 183 Å². The summed E-state index contributed by atoms with van der Waals surface area (Å²) in [6.07, 6.45) is 11.0. The van der Waals surface area contributed by atoms with E-state index < -0.39 is 77.8 Å². The number of aliphatic hydroxyl groups excluding tert-OH is 3. The Kier molecular flexibility index (Phi) is 44.5. The van der Waals surface area contributed by atoms with Crippen molar-refractivity contribution in [3.63, 3.8) is 0 Å². The van der Waals surface area contributed by atoms with E-state index in [0.29, 0.717) is 85.8 Å². The van der Waals surface area contributed by atoms with Gasteiger partial charge in [0.05, 0.1) is 89.3 Å². The molecule has 109 heavy (non-hydrogen) atoms. The molecule has 0 radical (unpaired) electrons. The molecule has 7 rings (SSSR count). The van der Waals surface area contributed by atoms with Crippen LogP contribution in [0.15, 0.2) is 168 Å². The monoisotopic (exact) mass is 1520 g/mol. The Balaban J connectivity index is 0.000000456. The molecule has 0 amide bonds. The predicted molar refractivity (Wildman–Crippen MR) is 392 cm³/mol. The normalized spacial score (nSPS) is 16.3. The molecular formula is C80H96O29. The Bertz CT molecular complexity index is 3870. The first-order valence-corrected chi connectivity index (χ1v) is 34.2. The molecule has 590 valence electrons. The highest BCUT2D eigenvalue weighted by Gasteiger charge is 2.39. The minimum atomic E-state index is -1.22. The number of benzene rings is 5. The Morgan fingerprint density at radius 3 is 1.23 bits per heavy atom. The van der Waals surface area contributed by atoms with Crippen molar-refractivity contribution in [3.8, 4) is 40.2 Å². The molecule has 2 aliphatic rings. The van der Waals surface area contributed by atoms with Crippen molar-refractivity contribution in [1.29, 1.82) is 0 Å². The van der Waals surface area contributed by atoms with E-state index in [0.717, 1.165) is 28.5 Å². The molecular weight excluding hydrogens is 1420 g/mol. The van der Waals surface area contributed by atoms with E-state index in [9.17, 15) is 78.3 Å². The zero-order valence-corrected chi connectivity index (χ0v) is 61.3. The second-order valence-electron chi connectivity index (χ2n) is 23.8. The van der Waals surface area contributed by atoms with Gasteiger partial charge in [-0.05, 0) is 140 Å². The predicted octanol–water partition coefficient (Wildman–Crippen LogP) is 7.91. The number of aromatic hydroxyl groups is 7. The highest BCUT2D eigenvalue weighted by molar-refractivity contribution is 5.91. The lowest BCUT2D eigenvalue weighted by atomic mass is 9.80. The van der Waals surface area contributed by atoms with Gasteiger partial charge in [0.25, 0.3) is 0 Å². The quantitative estimate of drug-likeness (QED) is 0.00486. The number of phenols is 7. The van der Waals surface area contributed by atoms with Crippen LogP contribution in [0.2, 0.25) is 0 Å². The number of hydrogen-bond acceptors (Lipinski definition) is 28. The van der Waals surface area contributed by atoms with Gasteiger partial charge in [-0.15, -0.1) is 0 Å². The Morgan fingerprint density at radius 1 is 0.486 bits per heavy atom. The van der Waals surface area contributed by atoms with Crippen LogP contribution in [0.1, 0.15) is 94.0 Å². The van der Waals surface area contributed by atoms with Crippen molar-refractivity contribution >= 4 is 67.2 Å². The van der Waals surface area contributed by atoms with Gasteiger partial charge in [-0.1, -0.05) is 66.8 Å². The van der Waals surface area contributed by atoms with Crippen LogP contribution >= 0.6 is 0 Å². The molecule has 5 aromatic carbocycles. The molecule has 0 bridgehead atoms. The lowest BCUT2D eigenvalue weighted by molar-refractivity contribution is -0.146. The largest absolute Gasteiger partial charge is 0.508 e. The molecule has 5 aromatic rings. The van der Waals surface area contributed by atoms with Gasteiger partial charge in [0.2, 0.25) is 6.29 Å². The average Bonchev–Trinajstić information content (AvgIpc) is 0.815. The molecule has 2 heterocycles. The first-order chi connectivity index (χ1) is 52.1. The van der Waals surface area contributed by atoms with Crippen LogP contribution < -0.4 is 0 Å². The van der Waals surface area contributed by atoms with Crippen molar-refractivity contribution < 1.29 is 142 Å². The van der Waals surface area contributed by atoms with E-state index >= 15 is 0 Å². The van der Waals surface area contributed by atoms with Crippen LogP contribution in [0.3, 0.4) is 0 Å². The van der Waals surface area contributed by atoms with Gasteiger partial charge in [0.1, 0.15) is 54.8 Å². The number of methoxy groups -OCH3 is 2. The highest BCUT2D eigenvalue weighted by atomic mass is 16.6. The summed E-state index contributed by atoms with van der Waals surface area (Å²) >= 11 is 0. The van der Waals surface area contributed by atoms with Crippen molar-refractivity contribution in [2.24, 2.45) is 29.6 Å². The fourth-order valence-corrected chi connectivity index (χ4v) is 10.4. The summed E-state index contributed by atoms with van der Waals surface area (Å²) in [5.74, 6) is -6.85. The second-order valence-corrected chi connectivity index (χ2v) is 23.8. The second kappa shape index (κ2) is 52.1. The molecule has 4 unspecified atom stereocenters. The van der Waals surface area contributed by atoms with Gasteiger partial charge >= 0.3 is 35.8 Å². The zero-order chi connectivity index (χ0) is 81.4. The number of carbonyl (C=O) groups is 11. The van der Waals surface area contributed by atoms with Gasteiger partial charge in [0, 0.05) is 74.6 Å². The number of hydrogen-bond donors (Lipinski definition) is 11. The van der Waals surface area contributed by atoms with Crippen molar-refractivity contribution in [1.82, 2.24) is 0 Å². The molecule has 7 atom stereocenters. The van der Waals surface area contributed by atoms with Crippen LogP contribution in [0.5, 0.6) is 40.2 Å². The first-order valence-electron chi connectivity index (χ1n) is 34.2. The minimum Gasteiger partial charge on any atom is -0.508 e. The van der Waals surface area contributed by atoms with Crippen molar-refractivity contribution in [3.05, 3.63) is 196 Å². The number of carboxylic acid groups (broad SMARTS) is 1. The molecule has 29 nitrogen and oxygen atoms in total. The Morgan fingerprint density at radius 2 is 0.862 bits per heavy atom. The smallest absolute Gasteiger partial charge is 0.337 e. The summed E-state index contributed by atoms with van der Waals surface area (Å²) in [4.78, 5) is 124. The van der Waals surface area contributed by atoms with E-state index in [2.05, 4.69) is 4.74 Å². The summed E-state index contributed by atoms with van der Waals surface area (Å²) in [7, 11) is 2.42. The van der Waals surface area contributed by atoms with E-state index in [1.807, 2.05) is 0 Å². The molecule has 29 heteroatoms. The van der Waals surface area contributed by atoms with Gasteiger partial charge in [-0.3, -0.25) is 28.8 Å². The van der Waals surface area contributed by atoms with E-state index in [-0.39, 0.29) is 123 Å². The molecule has 0 saturated heterocycles. The number of aliphatic hydroxyl groups is 3. The fourth-order valence-electron chi connectivity index (χ4n) is 10.4. The lowest BCUT2D eigenvalue weighted by Gasteiger charge is -2.31. The zero-order valence-electron chi connectivity index (χ0n) is 61.3. The Labute approximate surface area is 630 Å². The van der Waals surface area contributed by atoms with Gasteiger partial charge in [-0.25, -0.2) is 9.59 Å². The van der Waals surface area contributed by atoms with Crippen LogP contribution in [0.4, 0.5) is 0 Å². The Hall–Kier alpha value is -12.0. The van der Waals surface area contributed by atoms with Crippen LogP contribution in [0, 0.1) is 29.6 Å². The molecule has 11 N–H and O–H groups in total. The summed E-state index contributed by atoms with van der Waals surface area (Å²) in [5, 5.41) is 99.5. The third kappa shape index (κ3) is 34.9. The maximum atomic E-state index is 12.2. The highest BCUT2D eigenvalue weighted by Crippen LogP contribution is 2.35. The van der Waals surface area contributed by atoms with Gasteiger partial charge < -0.3 is 104 Å². The van der Waals surface area contributed by atoms with Crippen molar-refractivity contribution in [2.45, 2.75) is 111 Å².